The minimum absolute atomic E-state index is 0.138. The van der Waals surface area contributed by atoms with Crippen LogP contribution in [0, 0.1) is 0 Å². The predicted octanol–water partition coefficient (Wildman–Crippen LogP) is 10.6. The number of esters is 2. The second kappa shape index (κ2) is 34.8. The summed E-state index contributed by atoms with van der Waals surface area (Å²) in [4.78, 5) is 23.8. The third-order valence-electron chi connectivity index (χ3n) is 7.04. The fraction of sp³-hybridized carbons (Fsp3) is 0.641. The van der Waals surface area contributed by atoms with E-state index >= 15 is 0 Å². The Morgan fingerprint density at radius 2 is 0.795 bits per heavy atom. The zero-order valence-corrected chi connectivity index (χ0v) is 28.1. The number of rotatable bonds is 30. The molecule has 1 N–H and O–H groups in total. The molecule has 0 unspecified atom stereocenters. The van der Waals surface area contributed by atoms with Crippen molar-refractivity contribution in [3.63, 3.8) is 0 Å². The van der Waals surface area contributed by atoms with E-state index in [-0.39, 0.29) is 25.2 Å². The molecule has 0 bridgehead atoms. The van der Waals surface area contributed by atoms with Crippen LogP contribution in [0.25, 0.3) is 0 Å². The molecule has 0 rings (SSSR count). The van der Waals surface area contributed by atoms with Gasteiger partial charge in [-0.3, -0.25) is 9.59 Å². The number of carbonyl (C=O) groups is 2. The largest absolute Gasteiger partial charge is 0.463 e. The lowest BCUT2D eigenvalue weighted by Gasteiger charge is -2.12. The maximum absolute atomic E-state index is 11.9. The second-order valence-electron chi connectivity index (χ2n) is 11.4. The molecule has 0 aliphatic rings. The molecule has 0 aliphatic heterocycles. The lowest BCUT2D eigenvalue weighted by molar-refractivity contribution is -0.152. The van der Waals surface area contributed by atoms with Crippen molar-refractivity contribution in [2.24, 2.45) is 0 Å². The molecule has 0 atom stereocenters. The highest BCUT2D eigenvalue weighted by Crippen LogP contribution is 2.10. The van der Waals surface area contributed by atoms with Gasteiger partial charge in [0.15, 0.2) is 0 Å². The maximum atomic E-state index is 11.9. The van der Waals surface area contributed by atoms with Gasteiger partial charge in [-0.15, -0.1) is 0 Å². The first kappa shape index (κ1) is 41.3. The third kappa shape index (κ3) is 33.8. The molecule has 0 aromatic heterocycles. The van der Waals surface area contributed by atoms with E-state index in [4.69, 9.17) is 9.47 Å². The van der Waals surface area contributed by atoms with Gasteiger partial charge in [0.05, 0.1) is 0 Å². The summed E-state index contributed by atoms with van der Waals surface area (Å²) >= 11 is 0. The summed E-state index contributed by atoms with van der Waals surface area (Å²) in [6.07, 6.45) is 45.1. The molecular formula is C39H64O5. The first-order valence-electron chi connectivity index (χ1n) is 17.6. The van der Waals surface area contributed by atoms with E-state index < -0.39 is 6.10 Å². The number of aliphatic hydroxyl groups excluding tert-OH is 1. The molecule has 5 heteroatoms. The van der Waals surface area contributed by atoms with Crippen molar-refractivity contribution in [3.05, 3.63) is 72.9 Å². The topological polar surface area (TPSA) is 72.8 Å². The van der Waals surface area contributed by atoms with Gasteiger partial charge in [-0.25, -0.2) is 0 Å². The normalized spacial score (nSPS) is 12.5. The first-order valence-corrected chi connectivity index (χ1v) is 17.6. The summed E-state index contributed by atoms with van der Waals surface area (Å²) in [6.45, 7) is 4.13. The minimum atomic E-state index is -0.983. The molecule has 0 aliphatic carbocycles. The van der Waals surface area contributed by atoms with E-state index in [1.54, 1.807) is 0 Å². The molecule has 0 heterocycles. The molecule has 0 saturated carbocycles. The van der Waals surface area contributed by atoms with E-state index in [1.165, 1.54) is 25.7 Å². The smallest absolute Gasteiger partial charge is 0.305 e. The lowest BCUT2D eigenvalue weighted by atomic mass is 10.1. The van der Waals surface area contributed by atoms with Crippen LogP contribution in [0.5, 0.6) is 0 Å². The van der Waals surface area contributed by atoms with Crippen LogP contribution in [0.1, 0.15) is 142 Å². The van der Waals surface area contributed by atoms with Crippen LogP contribution in [-0.4, -0.2) is 36.4 Å². The first-order chi connectivity index (χ1) is 21.6. The molecule has 250 valence electrons. The number of hydrogen-bond donors (Lipinski definition) is 1. The fourth-order valence-electron chi connectivity index (χ4n) is 4.29. The number of carbonyl (C=O) groups excluding carboxylic acids is 2. The Morgan fingerprint density at radius 3 is 1.16 bits per heavy atom. The average Bonchev–Trinajstić information content (AvgIpc) is 3.02. The minimum Gasteiger partial charge on any atom is -0.463 e. The van der Waals surface area contributed by atoms with Crippen LogP contribution in [0.3, 0.4) is 0 Å². The van der Waals surface area contributed by atoms with Gasteiger partial charge in [-0.05, 0) is 51.4 Å². The lowest BCUT2D eigenvalue weighted by Crippen LogP contribution is -2.25. The summed E-state index contributed by atoms with van der Waals surface area (Å²) in [6, 6.07) is 0. The van der Waals surface area contributed by atoms with Crippen molar-refractivity contribution in [1.82, 2.24) is 0 Å². The average molecular weight is 613 g/mol. The third-order valence-corrected chi connectivity index (χ3v) is 7.04. The van der Waals surface area contributed by atoms with Gasteiger partial charge in [-0.1, -0.05) is 151 Å². The number of unbranched alkanes of at least 4 members (excludes halogenated alkanes) is 14. The molecule has 0 aromatic rings. The van der Waals surface area contributed by atoms with Gasteiger partial charge in [0.25, 0.3) is 0 Å². The van der Waals surface area contributed by atoms with Crippen molar-refractivity contribution < 1.29 is 24.2 Å². The Morgan fingerprint density at radius 1 is 0.477 bits per heavy atom. The molecule has 0 aromatic carbocycles. The number of hydrogen-bond acceptors (Lipinski definition) is 5. The monoisotopic (exact) mass is 612 g/mol. The van der Waals surface area contributed by atoms with Gasteiger partial charge in [0.2, 0.25) is 0 Å². The summed E-state index contributed by atoms with van der Waals surface area (Å²) in [5.74, 6) is -0.619. The highest BCUT2D eigenvalue weighted by Gasteiger charge is 2.12. The molecule has 44 heavy (non-hydrogen) atoms. The quantitative estimate of drug-likeness (QED) is 0.0496. The van der Waals surface area contributed by atoms with E-state index in [2.05, 4.69) is 86.8 Å². The van der Waals surface area contributed by atoms with E-state index in [0.29, 0.717) is 12.8 Å². The maximum Gasteiger partial charge on any atom is 0.305 e. The Hall–Kier alpha value is -2.66. The van der Waals surface area contributed by atoms with Gasteiger partial charge >= 0.3 is 11.9 Å². The molecule has 0 radical (unpaired) electrons. The molecule has 0 spiro atoms. The zero-order valence-electron chi connectivity index (χ0n) is 28.1. The van der Waals surface area contributed by atoms with Gasteiger partial charge in [0.1, 0.15) is 19.3 Å². The van der Waals surface area contributed by atoms with Crippen LogP contribution in [0.2, 0.25) is 0 Å². The van der Waals surface area contributed by atoms with Gasteiger partial charge < -0.3 is 14.6 Å². The van der Waals surface area contributed by atoms with E-state index in [0.717, 1.165) is 89.9 Å². The van der Waals surface area contributed by atoms with Crippen LogP contribution in [0.15, 0.2) is 72.9 Å². The Labute approximate surface area is 270 Å². The number of allylic oxidation sites excluding steroid dienone is 12. The Balaban J connectivity index is 3.56. The summed E-state index contributed by atoms with van der Waals surface area (Å²) in [7, 11) is 0. The Kier molecular flexibility index (Phi) is 32.7. The van der Waals surface area contributed by atoms with E-state index in [9.17, 15) is 14.7 Å². The van der Waals surface area contributed by atoms with Gasteiger partial charge in [-0.2, -0.15) is 0 Å². The SMILES string of the molecule is CCCC/C=C/C=C/C=C\CCCCCCCC(=O)OCC(O)COC(=O)CCCCCCC\C=C/C=C/C=C/CCCC. The molecular weight excluding hydrogens is 548 g/mol. The summed E-state index contributed by atoms with van der Waals surface area (Å²) < 4.78 is 10.3. The highest BCUT2D eigenvalue weighted by atomic mass is 16.6. The number of ether oxygens (including phenoxy) is 2. The predicted molar refractivity (Wildman–Crippen MR) is 186 cm³/mol. The molecule has 5 nitrogen and oxygen atoms in total. The standard InChI is InChI=1S/C39H64O5/c1-3-5-7-9-11-13-15-17-19-21-23-25-27-29-31-33-38(41)43-35-37(40)36-44-39(42)34-32-30-28-26-24-22-20-18-16-14-12-10-8-6-4-2/h9-20,37,40H,3-8,21-36H2,1-2H3/b11-9+,12-10+,15-13+,16-14+,19-17-,20-18-. The van der Waals surface area contributed by atoms with Crippen molar-refractivity contribution >= 4 is 11.9 Å². The van der Waals surface area contributed by atoms with Crippen molar-refractivity contribution in [1.29, 1.82) is 0 Å². The molecule has 0 saturated heterocycles. The zero-order chi connectivity index (χ0) is 32.2. The second-order valence-corrected chi connectivity index (χ2v) is 11.4. The van der Waals surface area contributed by atoms with Crippen molar-refractivity contribution in [3.8, 4) is 0 Å². The highest BCUT2D eigenvalue weighted by molar-refractivity contribution is 5.69. The summed E-state index contributed by atoms with van der Waals surface area (Å²) in [5, 5.41) is 9.97. The van der Waals surface area contributed by atoms with Gasteiger partial charge in [0, 0.05) is 12.8 Å². The van der Waals surface area contributed by atoms with E-state index in [1.807, 2.05) is 0 Å². The fourth-order valence-corrected chi connectivity index (χ4v) is 4.29. The van der Waals surface area contributed by atoms with Crippen molar-refractivity contribution in [2.45, 2.75) is 148 Å². The van der Waals surface area contributed by atoms with Crippen LogP contribution in [0.4, 0.5) is 0 Å². The van der Waals surface area contributed by atoms with Crippen LogP contribution < -0.4 is 0 Å². The van der Waals surface area contributed by atoms with Crippen molar-refractivity contribution in [2.75, 3.05) is 13.2 Å². The van der Waals surface area contributed by atoms with Crippen LogP contribution >= 0.6 is 0 Å². The summed E-state index contributed by atoms with van der Waals surface area (Å²) in [5.41, 5.74) is 0. The molecule has 0 fully saturated rings. The molecule has 0 amide bonds. The Bertz CT molecular complexity index is 765. The van der Waals surface area contributed by atoms with Crippen LogP contribution in [-0.2, 0) is 19.1 Å². The number of aliphatic hydroxyl groups is 1.